The van der Waals surface area contributed by atoms with E-state index in [2.05, 4.69) is 5.32 Å². The van der Waals surface area contributed by atoms with Crippen LogP contribution in [0.15, 0.2) is 53.4 Å². The summed E-state index contributed by atoms with van der Waals surface area (Å²) < 4.78 is 24.8. The van der Waals surface area contributed by atoms with Crippen LogP contribution in [0, 0.1) is 6.92 Å². The van der Waals surface area contributed by atoms with Crippen molar-refractivity contribution in [2.24, 2.45) is 0 Å². The molecule has 1 fully saturated rings. The van der Waals surface area contributed by atoms with Crippen LogP contribution in [0.2, 0.25) is 0 Å². The van der Waals surface area contributed by atoms with Gasteiger partial charge in [-0.05, 0) is 49.6 Å². The topological polar surface area (TPSA) is 83.6 Å². The van der Waals surface area contributed by atoms with E-state index in [9.17, 15) is 18.0 Å². The van der Waals surface area contributed by atoms with Gasteiger partial charge in [-0.2, -0.15) is 0 Å². The summed E-state index contributed by atoms with van der Waals surface area (Å²) in [6.07, 6.45) is 2.42. The number of rotatable bonds is 7. The van der Waals surface area contributed by atoms with Crippen LogP contribution in [0.4, 0.5) is 5.69 Å². The molecule has 2 aromatic carbocycles. The SMILES string of the molecule is Cc1ccc(S(=O)(=O)CCC(=O)Nc2cccc(CN3CCCCC3=O)c2)cc1. The Morgan fingerprint density at radius 1 is 1.10 bits per heavy atom. The van der Waals surface area contributed by atoms with E-state index in [1.54, 1.807) is 30.3 Å². The lowest BCUT2D eigenvalue weighted by molar-refractivity contribution is -0.133. The molecule has 1 heterocycles. The van der Waals surface area contributed by atoms with Crippen LogP contribution in [0.1, 0.15) is 36.8 Å². The summed E-state index contributed by atoms with van der Waals surface area (Å²) >= 11 is 0. The van der Waals surface area contributed by atoms with Gasteiger partial charge in [0.05, 0.1) is 10.6 Å². The van der Waals surface area contributed by atoms with Crippen molar-refractivity contribution in [3.63, 3.8) is 0 Å². The summed E-state index contributed by atoms with van der Waals surface area (Å²) in [5.74, 6) is -0.442. The Morgan fingerprint density at radius 3 is 2.59 bits per heavy atom. The third kappa shape index (κ3) is 5.90. The number of nitrogens with zero attached hydrogens (tertiary/aromatic N) is 1. The molecule has 1 aliphatic rings. The van der Waals surface area contributed by atoms with Gasteiger partial charge in [0.15, 0.2) is 9.84 Å². The third-order valence-electron chi connectivity index (χ3n) is 4.98. The molecular weight excluding hydrogens is 388 g/mol. The maximum Gasteiger partial charge on any atom is 0.225 e. The van der Waals surface area contributed by atoms with Gasteiger partial charge in [0.1, 0.15) is 0 Å². The zero-order chi connectivity index (χ0) is 20.9. The number of likely N-dealkylation sites (tertiary alicyclic amines) is 1. The van der Waals surface area contributed by atoms with Gasteiger partial charge in [-0.3, -0.25) is 9.59 Å². The average molecular weight is 415 g/mol. The quantitative estimate of drug-likeness (QED) is 0.753. The van der Waals surface area contributed by atoms with Crippen molar-refractivity contribution in [2.75, 3.05) is 17.6 Å². The van der Waals surface area contributed by atoms with Gasteiger partial charge in [0.25, 0.3) is 0 Å². The number of carbonyl (C=O) groups excluding carboxylic acids is 2. The van der Waals surface area contributed by atoms with Crippen LogP contribution in [-0.2, 0) is 26.0 Å². The minimum Gasteiger partial charge on any atom is -0.338 e. The molecule has 2 amide bonds. The number of anilines is 1. The van der Waals surface area contributed by atoms with Gasteiger partial charge in [0, 0.05) is 31.6 Å². The zero-order valence-corrected chi connectivity index (χ0v) is 17.4. The lowest BCUT2D eigenvalue weighted by atomic mass is 10.1. The van der Waals surface area contributed by atoms with Gasteiger partial charge in [-0.15, -0.1) is 0 Å². The molecule has 0 radical (unpaired) electrons. The smallest absolute Gasteiger partial charge is 0.225 e. The first kappa shape index (κ1) is 21.0. The van der Waals surface area contributed by atoms with Crippen LogP contribution in [0.3, 0.4) is 0 Å². The largest absolute Gasteiger partial charge is 0.338 e. The molecule has 154 valence electrons. The molecule has 3 rings (SSSR count). The summed E-state index contributed by atoms with van der Waals surface area (Å²) in [7, 11) is -3.50. The van der Waals surface area contributed by atoms with E-state index in [0.717, 1.165) is 30.5 Å². The van der Waals surface area contributed by atoms with Crippen molar-refractivity contribution in [2.45, 2.75) is 44.0 Å². The number of hydrogen-bond donors (Lipinski definition) is 1. The lowest BCUT2D eigenvalue weighted by Crippen LogP contribution is -2.34. The molecule has 1 N–H and O–H groups in total. The van der Waals surface area contributed by atoms with E-state index < -0.39 is 9.84 Å². The number of carbonyl (C=O) groups is 2. The molecule has 0 unspecified atom stereocenters. The molecule has 1 aliphatic heterocycles. The second-order valence-corrected chi connectivity index (χ2v) is 9.51. The summed E-state index contributed by atoms with van der Waals surface area (Å²) in [6, 6.07) is 13.9. The lowest BCUT2D eigenvalue weighted by Gasteiger charge is -2.26. The van der Waals surface area contributed by atoms with Crippen LogP contribution < -0.4 is 5.32 Å². The highest BCUT2D eigenvalue weighted by molar-refractivity contribution is 7.91. The third-order valence-corrected chi connectivity index (χ3v) is 6.72. The maximum atomic E-state index is 12.4. The highest BCUT2D eigenvalue weighted by atomic mass is 32.2. The molecule has 0 atom stereocenters. The first-order valence-corrected chi connectivity index (χ1v) is 11.4. The number of benzene rings is 2. The average Bonchev–Trinajstić information content (AvgIpc) is 2.69. The second kappa shape index (κ2) is 9.22. The minimum atomic E-state index is -3.50. The van der Waals surface area contributed by atoms with Gasteiger partial charge in [-0.25, -0.2) is 8.42 Å². The molecule has 7 heteroatoms. The van der Waals surface area contributed by atoms with Crippen molar-refractivity contribution in [3.05, 3.63) is 59.7 Å². The molecular formula is C22H26N2O4S. The molecule has 2 aromatic rings. The van der Waals surface area contributed by atoms with Crippen LogP contribution in [0.5, 0.6) is 0 Å². The maximum absolute atomic E-state index is 12.4. The van der Waals surface area contributed by atoms with E-state index in [1.165, 1.54) is 0 Å². The summed E-state index contributed by atoms with van der Waals surface area (Å²) in [5.41, 5.74) is 2.52. The first-order valence-electron chi connectivity index (χ1n) is 9.79. The van der Waals surface area contributed by atoms with Crippen molar-refractivity contribution < 1.29 is 18.0 Å². The predicted octanol–water partition coefficient (Wildman–Crippen LogP) is 3.31. The van der Waals surface area contributed by atoms with Gasteiger partial charge in [0.2, 0.25) is 11.8 Å². The Kier molecular flexibility index (Phi) is 6.69. The Bertz CT molecular complexity index is 984. The summed E-state index contributed by atoms with van der Waals surface area (Å²) in [5, 5.41) is 2.76. The minimum absolute atomic E-state index is 0.120. The van der Waals surface area contributed by atoms with Crippen molar-refractivity contribution in [3.8, 4) is 0 Å². The number of hydrogen-bond acceptors (Lipinski definition) is 4. The molecule has 0 aliphatic carbocycles. The molecule has 1 saturated heterocycles. The van der Waals surface area contributed by atoms with E-state index in [0.29, 0.717) is 18.7 Å². The number of aryl methyl sites for hydroxylation is 1. The Labute approximate surface area is 171 Å². The van der Waals surface area contributed by atoms with Gasteiger partial charge < -0.3 is 10.2 Å². The van der Waals surface area contributed by atoms with Crippen molar-refractivity contribution in [1.29, 1.82) is 0 Å². The summed E-state index contributed by atoms with van der Waals surface area (Å²) in [6.45, 7) is 3.16. The molecule has 0 aromatic heterocycles. The molecule has 6 nitrogen and oxygen atoms in total. The molecule has 0 spiro atoms. The van der Waals surface area contributed by atoms with Crippen LogP contribution >= 0.6 is 0 Å². The van der Waals surface area contributed by atoms with Crippen LogP contribution in [-0.4, -0.2) is 37.4 Å². The normalized spacial score (nSPS) is 14.7. The number of piperidine rings is 1. The van der Waals surface area contributed by atoms with E-state index >= 15 is 0 Å². The second-order valence-electron chi connectivity index (χ2n) is 7.40. The fourth-order valence-corrected chi connectivity index (χ4v) is 4.55. The Hall–Kier alpha value is -2.67. The van der Waals surface area contributed by atoms with Crippen molar-refractivity contribution in [1.82, 2.24) is 4.90 Å². The highest BCUT2D eigenvalue weighted by Crippen LogP contribution is 2.18. The number of sulfone groups is 1. The fourth-order valence-electron chi connectivity index (χ4n) is 3.31. The molecule has 29 heavy (non-hydrogen) atoms. The van der Waals surface area contributed by atoms with Gasteiger partial charge in [-0.1, -0.05) is 29.8 Å². The first-order chi connectivity index (χ1) is 13.8. The summed E-state index contributed by atoms with van der Waals surface area (Å²) in [4.78, 5) is 26.3. The molecule has 0 saturated carbocycles. The van der Waals surface area contributed by atoms with Crippen molar-refractivity contribution >= 4 is 27.3 Å². The monoisotopic (exact) mass is 414 g/mol. The predicted molar refractivity (Wildman–Crippen MR) is 112 cm³/mol. The van der Waals surface area contributed by atoms with E-state index in [4.69, 9.17) is 0 Å². The highest BCUT2D eigenvalue weighted by Gasteiger charge is 2.19. The number of amides is 2. The van der Waals surface area contributed by atoms with Gasteiger partial charge >= 0.3 is 0 Å². The Balaban J connectivity index is 1.56. The Morgan fingerprint density at radius 2 is 1.86 bits per heavy atom. The number of nitrogens with one attached hydrogen (secondary N) is 1. The fraction of sp³-hybridized carbons (Fsp3) is 0.364. The zero-order valence-electron chi connectivity index (χ0n) is 16.6. The standard InChI is InChI=1S/C22H26N2O4S/c1-17-8-10-20(11-9-17)29(27,28)14-12-21(25)23-19-6-4-5-18(15-19)16-24-13-3-2-7-22(24)26/h4-6,8-11,15H,2-3,7,12-14,16H2,1H3,(H,23,25). The molecule has 0 bridgehead atoms. The van der Waals surface area contributed by atoms with E-state index in [1.807, 2.05) is 30.0 Å². The van der Waals surface area contributed by atoms with Crippen LogP contribution in [0.25, 0.3) is 0 Å². The van der Waals surface area contributed by atoms with E-state index in [-0.39, 0.29) is 28.9 Å².